The van der Waals surface area contributed by atoms with Crippen LogP contribution in [0.4, 0.5) is 29.8 Å². The van der Waals surface area contributed by atoms with Crippen molar-refractivity contribution < 1.29 is 22.7 Å². The van der Waals surface area contributed by atoms with E-state index in [-0.39, 0.29) is 11.6 Å². The summed E-state index contributed by atoms with van der Waals surface area (Å²) in [5.74, 6) is 0.699. The molecule has 1 amide bonds. The molecule has 0 spiro atoms. The lowest BCUT2D eigenvalue weighted by Crippen LogP contribution is -2.07. The summed E-state index contributed by atoms with van der Waals surface area (Å²) >= 11 is 1.18. The first-order chi connectivity index (χ1) is 16.2. The van der Waals surface area contributed by atoms with Crippen LogP contribution < -0.4 is 15.4 Å². The molecule has 2 N–H and O–H groups in total. The van der Waals surface area contributed by atoms with Gasteiger partial charge in [0, 0.05) is 29.9 Å². The number of methoxy groups -OCH3 is 1. The van der Waals surface area contributed by atoms with Gasteiger partial charge >= 0.3 is 6.18 Å². The highest BCUT2D eigenvalue weighted by Gasteiger charge is 2.30. The number of carbonyl (C=O) groups is 1. The van der Waals surface area contributed by atoms with Crippen molar-refractivity contribution in [2.45, 2.75) is 13.1 Å². The van der Waals surface area contributed by atoms with Crippen molar-refractivity contribution in [1.82, 2.24) is 15.2 Å². The molecular weight excluding hydrogens is 467 g/mol. The van der Waals surface area contributed by atoms with Gasteiger partial charge in [-0.25, -0.2) is 4.98 Å². The van der Waals surface area contributed by atoms with Crippen molar-refractivity contribution in [2.75, 3.05) is 17.7 Å². The number of benzene rings is 2. The maximum atomic E-state index is 13.0. The van der Waals surface area contributed by atoms with E-state index in [9.17, 15) is 18.0 Å². The van der Waals surface area contributed by atoms with Gasteiger partial charge in [-0.2, -0.15) is 13.2 Å². The summed E-state index contributed by atoms with van der Waals surface area (Å²) in [4.78, 5) is 15.6. The molecule has 0 saturated carbocycles. The molecule has 0 saturated heterocycles. The summed E-state index contributed by atoms with van der Waals surface area (Å²) in [5, 5.41) is 14.7. The Morgan fingerprint density at radius 1 is 1.06 bits per heavy atom. The van der Waals surface area contributed by atoms with Gasteiger partial charge in [0.05, 0.1) is 12.7 Å². The van der Waals surface area contributed by atoms with Gasteiger partial charge in [0.15, 0.2) is 0 Å². The van der Waals surface area contributed by atoms with Crippen LogP contribution in [0.5, 0.6) is 5.75 Å². The predicted molar refractivity (Wildman–Crippen MR) is 124 cm³/mol. The maximum absolute atomic E-state index is 13.0. The lowest BCUT2D eigenvalue weighted by Gasteiger charge is -2.13. The molecule has 0 bridgehead atoms. The third-order valence-electron chi connectivity index (χ3n) is 4.70. The van der Waals surface area contributed by atoms with Crippen LogP contribution in [-0.4, -0.2) is 28.2 Å². The number of anilines is 3. The van der Waals surface area contributed by atoms with Gasteiger partial charge in [-0.3, -0.25) is 4.79 Å². The van der Waals surface area contributed by atoms with Gasteiger partial charge < -0.3 is 15.4 Å². The highest BCUT2D eigenvalue weighted by Crippen LogP contribution is 2.41. The number of nitrogens with one attached hydrogen (secondary N) is 2. The lowest BCUT2D eigenvalue weighted by atomic mass is 9.99. The molecule has 2 aromatic heterocycles. The molecule has 34 heavy (non-hydrogen) atoms. The van der Waals surface area contributed by atoms with Gasteiger partial charge in [-0.1, -0.05) is 29.5 Å². The van der Waals surface area contributed by atoms with E-state index < -0.39 is 11.7 Å². The number of rotatable bonds is 6. The summed E-state index contributed by atoms with van der Waals surface area (Å²) in [5.41, 5.74) is 1.63. The average Bonchev–Trinajstić information content (AvgIpc) is 3.26. The Kier molecular flexibility index (Phi) is 6.46. The van der Waals surface area contributed by atoms with Gasteiger partial charge in [-0.05, 0) is 42.0 Å². The van der Waals surface area contributed by atoms with E-state index >= 15 is 0 Å². The molecular formula is C23H18F3N5O2S. The van der Waals surface area contributed by atoms with Crippen LogP contribution in [0, 0.1) is 0 Å². The third-order valence-corrected chi connectivity index (χ3v) is 5.57. The Bertz CT molecular complexity index is 1340. The number of nitrogens with zero attached hydrogens (tertiary/aromatic N) is 3. The Labute approximate surface area is 196 Å². The number of halogens is 3. The zero-order valence-corrected chi connectivity index (χ0v) is 18.8. The van der Waals surface area contributed by atoms with E-state index in [1.54, 1.807) is 37.6 Å². The Morgan fingerprint density at radius 3 is 2.59 bits per heavy atom. The Hall–Kier alpha value is -3.99. The van der Waals surface area contributed by atoms with Gasteiger partial charge in [-0.15, -0.1) is 10.2 Å². The number of hydrogen-bond acceptors (Lipinski definition) is 7. The molecule has 174 valence electrons. The van der Waals surface area contributed by atoms with Crippen LogP contribution in [0.3, 0.4) is 0 Å². The van der Waals surface area contributed by atoms with E-state index in [0.29, 0.717) is 32.8 Å². The SMILES string of the molecule is COc1cccc(-c2nnc(Nc3cccc(C(F)(F)F)c3)s2)c1-c1ccnc(NC(C)=O)c1. The number of alkyl halides is 3. The Balaban J connectivity index is 1.70. The van der Waals surface area contributed by atoms with Crippen LogP contribution in [0.25, 0.3) is 21.7 Å². The first kappa shape index (κ1) is 23.2. The summed E-state index contributed by atoms with van der Waals surface area (Å²) < 4.78 is 44.6. The molecule has 7 nitrogen and oxygen atoms in total. The smallest absolute Gasteiger partial charge is 0.416 e. The highest BCUT2D eigenvalue weighted by atomic mass is 32.1. The van der Waals surface area contributed by atoms with Crippen molar-refractivity contribution in [3.05, 3.63) is 66.4 Å². The van der Waals surface area contributed by atoms with E-state index in [1.165, 1.54) is 30.4 Å². The van der Waals surface area contributed by atoms with Gasteiger partial charge in [0.25, 0.3) is 0 Å². The molecule has 2 heterocycles. The topological polar surface area (TPSA) is 89.0 Å². The molecule has 0 aliphatic heterocycles. The molecule has 0 radical (unpaired) electrons. The molecule has 4 aromatic rings. The summed E-state index contributed by atoms with van der Waals surface area (Å²) in [7, 11) is 1.54. The summed E-state index contributed by atoms with van der Waals surface area (Å²) in [6.07, 6.45) is -2.88. The fourth-order valence-corrected chi connectivity index (χ4v) is 4.09. The Morgan fingerprint density at radius 2 is 1.85 bits per heavy atom. The number of carbonyl (C=O) groups excluding carboxylic acids is 1. The molecule has 2 aromatic carbocycles. The molecule has 0 aliphatic carbocycles. The second-order valence-corrected chi connectivity index (χ2v) is 8.09. The van der Waals surface area contributed by atoms with Crippen molar-refractivity contribution in [3.8, 4) is 27.4 Å². The number of hydrogen-bond donors (Lipinski definition) is 2. The van der Waals surface area contributed by atoms with Crippen molar-refractivity contribution in [3.63, 3.8) is 0 Å². The summed E-state index contributed by atoms with van der Waals surface area (Å²) in [6, 6.07) is 13.8. The van der Waals surface area contributed by atoms with Crippen LogP contribution in [-0.2, 0) is 11.0 Å². The minimum Gasteiger partial charge on any atom is -0.496 e. The minimum absolute atomic E-state index is 0.248. The van der Waals surface area contributed by atoms with Crippen molar-refractivity contribution >= 4 is 33.9 Å². The number of amides is 1. The normalized spacial score (nSPS) is 11.2. The maximum Gasteiger partial charge on any atom is 0.416 e. The second kappa shape index (κ2) is 9.48. The fourth-order valence-electron chi connectivity index (χ4n) is 3.29. The first-order valence-corrected chi connectivity index (χ1v) is 10.8. The van der Waals surface area contributed by atoms with E-state index in [2.05, 4.69) is 25.8 Å². The van der Waals surface area contributed by atoms with Crippen LogP contribution in [0.15, 0.2) is 60.8 Å². The van der Waals surface area contributed by atoms with E-state index in [4.69, 9.17) is 4.74 Å². The van der Waals surface area contributed by atoms with E-state index in [1.807, 2.05) is 6.07 Å². The quantitative estimate of drug-likeness (QED) is 0.348. The minimum atomic E-state index is -4.44. The van der Waals surface area contributed by atoms with Crippen LogP contribution in [0.1, 0.15) is 12.5 Å². The summed E-state index contributed by atoms with van der Waals surface area (Å²) in [6.45, 7) is 1.39. The standard InChI is InChI=1S/C23H18F3N5O2S/c1-13(32)28-19-11-14(9-10-27-19)20-17(7-4-8-18(20)33-2)21-30-31-22(34-21)29-16-6-3-5-15(12-16)23(24,25)26/h3-12H,1-2H3,(H,29,31)(H,27,28,32). The largest absolute Gasteiger partial charge is 0.496 e. The first-order valence-electron chi connectivity index (χ1n) is 9.94. The third kappa shape index (κ3) is 5.15. The van der Waals surface area contributed by atoms with Crippen molar-refractivity contribution in [1.29, 1.82) is 0 Å². The second-order valence-electron chi connectivity index (χ2n) is 7.11. The average molecular weight is 485 g/mol. The molecule has 0 fully saturated rings. The zero-order valence-electron chi connectivity index (χ0n) is 18.0. The monoisotopic (exact) mass is 485 g/mol. The molecule has 0 aliphatic rings. The van der Waals surface area contributed by atoms with Crippen LogP contribution in [0.2, 0.25) is 0 Å². The molecule has 11 heteroatoms. The van der Waals surface area contributed by atoms with Gasteiger partial charge in [0.2, 0.25) is 11.0 Å². The number of pyridine rings is 1. The fraction of sp³-hybridized carbons (Fsp3) is 0.130. The van der Waals surface area contributed by atoms with E-state index in [0.717, 1.165) is 17.7 Å². The zero-order chi connectivity index (χ0) is 24.3. The number of ether oxygens (including phenoxy) is 1. The van der Waals surface area contributed by atoms with Gasteiger partial charge in [0.1, 0.15) is 16.6 Å². The predicted octanol–water partition coefficient (Wildman–Crippen LogP) is 6.00. The van der Waals surface area contributed by atoms with Crippen molar-refractivity contribution in [2.24, 2.45) is 0 Å². The molecule has 0 atom stereocenters. The van der Waals surface area contributed by atoms with Crippen LogP contribution >= 0.6 is 11.3 Å². The highest BCUT2D eigenvalue weighted by molar-refractivity contribution is 7.18. The number of aromatic nitrogens is 3. The lowest BCUT2D eigenvalue weighted by molar-refractivity contribution is -0.137. The molecule has 0 unspecified atom stereocenters. The molecule has 4 rings (SSSR count).